The molecule has 2 aromatic heterocycles. The average molecular weight is 414 g/mol. The van der Waals surface area contributed by atoms with Crippen molar-refractivity contribution in [3.8, 4) is 0 Å². The van der Waals surface area contributed by atoms with Gasteiger partial charge in [-0.2, -0.15) is 4.98 Å². The standard InChI is InChI=1S/C23H28ClN3S/c1-6-27(16-9-7-8-14(2)12-16)20-19-17-11-10-15(23(3,4)5)13-18(17)28-21(19)26-22(24)25-20/h7-9,12,15H,6,10-11,13H2,1-5H3. The fraction of sp³-hybridized carbons (Fsp3) is 0.478. The van der Waals surface area contributed by atoms with Crippen molar-refractivity contribution >= 4 is 44.7 Å². The maximum atomic E-state index is 6.37. The zero-order chi connectivity index (χ0) is 20.1. The van der Waals surface area contributed by atoms with Crippen molar-refractivity contribution in [2.24, 2.45) is 11.3 Å². The minimum atomic E-state index is 0.330. The van der Waals surface area contributed by atoms with E-state index in [-0.39, 0.29) is 0 Å². The van der Waals surface area contributed by atoms with Crippen molar-refractivity contribution in [1.82, 2.24) is 9.97 Å². The van der Waals surface area contributed by atoms with Crippen molar-refractivity contribution in [1.29, 1.82) is 0 Å². The van der Waals surface area contributed by atoms with Crippen molar-refractivity contribution < 1.29 is 0 Å². The van der Waals surface area contributed by atoms with Crippen LogP contribution in [-0.4, -0.2) is 16.5 Å². The zero-order valence-electron chi connectivity index (χ0n) is 17.3. The maximum Gasteiger partial charge on any atom is 0.225 e. The molecule has 1 atom stereocenters. The summed E-state index contributed by atoms with van der Waals surface area (Å²) in [5.74, 6) is 1.66. The molecule has 2 heterocycles. The Hall–Kier alpha value is -1.65. The third kappa shape index (κ3) is 3.53. The molecule has 3 aromatic rings. The second kappa shape index (κ2) is 7.31. The molecular weight excluding hydrogens is 386 g/mol. The van der Waals surface area contributed by atoms with Crippen LogP contribution < -0.4 is 4.90 Å². The van der Waals surface area contributed by atoms with E-state index >= 15 is 0 Å². The summed E-state index contributed by atoms with van der Waals surface area (Å²) in [6, 6.07) is 8.58. The third-order valence-corrected chi connectivity index (χ3v) is 7.29. The van der Waals surface area contributed by atoms with Gasteiger partial charge in [0.25, 0.3) is 0 Å². The van der Waals surface area contributed by atoms with E-state index in [0.717, 1.165) is 35.7 Å². The average Bonchev–Trinajstić information content (AvgIpc) is 2.98. The number of hydrogen-bond acceptors (Lipinski definition) is 4. The Labute approximate surface area is 176 Å². The van der Waals surface area contributed by atoms with Gasteiger partial charge in [0.05, 0.1) is 5.39 Å². The molecule has 1 aliphatic rings. The molecule has 1 aliphatic carbocycles. The fourth-order valence-electron chi connectivity index (χ4n) is 4.32. The predicted octanol–water partition coefficient (Wildman–Crippen LogP) is 6.96. The quantitative estimate of drug-likeness (QED) is 0.434. The Morgan fingerprint density at radius 3 is 2.71 bits per heavy atom. The summed E-state index contributed by atoms with van der Waals surface area (Å²) >= 11 is 8.18. The summed E-state index contributed by atoms with van der Waals surface area (Å²) in [6.07, 6.45) is 3.45. The number of hydrogen-bond donors (Lipinski definition) is 0. The first-order valence-electron chi connectivity index (χ1n) is 10.1. The normalized spacial score (nSPS) is 17.0. The number of fused-ring (bicyclic) bond motifs is 3. The highest BCUT2D eigenvalue weighted by Gasteiger charge is 2.32. The first-order valence-corrected chi connectivity index (χ1v) is 11.3. The van der Waals surface area contributed by atoms with Crippen LogP contribution in [0.2, 0.25) is 5.28 Å². The molecule has 0 saturated carbocycles. The van der Waals surface area contributed by atoms with Gasteiger partial charge in [-0.25, -0.2) is 4.98 Å². The van der Waals surface area contributed by atoms with Crippen LogP contribution in [0.1, 0.15) is 50.1 Å². The van der Waals surface area contributed by atoms with Gasteiger partial charge in [0, 0.05) is 17.1 Å². The molecule has 0 saturated heterocycles. The van der Waals surface area contributed by atoms with Crippen molar-refractivity contribution in [3.63, 3.8) is 0 Å². The first kappa shape index (κ1) is 19.7. The molecule has 1 aromatic carbocycles. The zero-order valence-corrected chi connectivity index (χ0v) is 18.9. The minimum Gasteiger partial charge on any atom is -0.326 e. The number of aryl methyl sites for hydroxylation is 2. The van der Waals surface area contributed by atoms with Gasteiger partial charge in [-0.3, -0.25) is 0 Å². The molecule has 0 N–H and O–H groups in total. The fourth-order valence-corrected chi connectivity index (χ4v) is 5.83. The van der Waals surface area contributed by atoms with E-state index in [1.54, 1.807) is 0 Å². The highest BCUT2D eigenvalue weighted by atomic mass is 35.5. The van der Waals surface area contributed by atoms with Gasteiger partial charge in [-0.1, -0.05) is 32.9 Å². The van der Waals surface area contributed by atoms with Crippen LogP contribution in [0.5, 0.6) is 0 Å². The lowest BCUT2D eigenvalue weighted by Crippen LogP contribution is -2.26. The Bertz CT molecular complexity index is 1020. The summed E-state index contributed by atoms with van der Waals surface area (Å²) in [6.45, 7) is 12.2. The summed E-state index contributed by atoms with van der Waals surface area (Å²) in [7, 11) is 0. The highest BCUT2D eigenvalue weighted by molar-refractivity contribution is 7.19. The van der Waals surface area contributed by atoms with Gasteiger partial charge in [-0.15, -0.1) is 11.3 Å². The molecular formula is C23H28ClN3S. The molecule has 0 amide bonds. The summed E-state index contributed by atoms with van der Waals surface area (Å²) < 4.78 is 0. The van der Waals surface area contributed by atoms with Crippen molar-refractivity contribution in [2.75, 3.05) is 11.4 Å². The molecule has 0 bridgehead atoms. The highest BCUT2D eigenvalue weighted by Crippen LogP contribution is 2.46. The van der Waals surface area contributed by atoms with E-state index < -0.39 is 0 Å². The van der Waals surface area contributed by atoms with E-state index in [2.05, 4.69) is 68.8 Å². The van der Waals surface area contributed by atoms with Crippen LogP contribution >= 0.6 is 22.9 Å². The molecule has 5 heteroatoms. The lowest BCUT2D eigenvalue weighted by Gasteiger charge is -2.34. The van der Waals surface area contributed by atoms with Crippen LogP contribution in [0.3, 0.4) is 0 Å². The predicted molar refractivity (Wildman–Crippen MR) is 121 cm³/mol. The molecule has 0 aliphatic heterocycles. The molecule has 0 fully saturated rings. The molecule has 0 spiro atoms. The topological polar surface area (TPSA) is 29.0 Å². The summed E-state index contributed by atoms with van der Waals surface area (Å²) in [5, 5.41) is 1.54. The number of rotatable bonds is 3. The van der Waals surface area contributed by atoms with E-state index in [0.29, 0.717) is 16.6 Å². The minimum absolute atomic E-state index is 0.330. The van der Waals surface area contributed by atoms with Crippen LogP contribution in [0.15, 0.2) is 24.3 Å². The smallest absolute Gasteiger partial charge is 0.225 e. The van der Waals surface area contributed by atoms with E-state index in [9.17, 15) is 0 Å². The number of anilines is 2. The van der Waals surface area contributed by atoms with E-state index in [1.807, 2.05) is 11.3 Å². The monoisotopic (exact) mass is 413 g/mol. The number of halogens is 1. The maximum absolute atomic E-state index is 6.37. The van der Waals surface area contributed by atoms with Crippen LogP contribution in [-0.2, 0) is 12.8 Å². The van der Waals surface area contributed by atoms with Gasteiger partial charge in [0.1, 0.15) is 10.6 Å². The molecule has 3 nitrogen and oxygen atoms in total. The van der Waals surface area contributed by atoms with Crippen molar-refractivity contribution in [2.45, 2.75) is 53.9 Å². The number of benzene rings is 1. The number of nitrogens with zero attached hydrogens (tertiary/aromatic N) is 3. The van der Waals surface area contributed by atoms with E-state index in [1.165, 1.54) is 27.8 Å². The first-order chi connectivity index (χ1) is 13.3. The second-order valence-corrected chi connectivity index (χ2v) is 10.3. The van der Waals surface area contributed by atoms with Crippen LogP contribution in [0.25, 0.3) is 10.2 Å². The Balaban J connectivity index is 1.87. The largest absolute Gasteiger partial charge is 0.326 e. The number of thiophene rings is 1. The van der Waals surface area contributed by atoms with Crippen LogP contribution in [0.4, 0.5) is 11.5 Å². The molecule has 148 valence electrons. The molecule has 28 heavy (non-hydrogen) atoms. The third-order valence-electron chi connectivity index (χ3n) is 5.97. The Morgan fingerprint density at radius 2 is 2.04 bits per heavy atom. The van der Waals surface area contributed by atoms with Gasteiger partial charge in [0.2, 0.25) is 5.28 Å². The summed E-state index contributed by atoms with van der Waals surface area (Å²) in [5.41, 5.74) is 4.17. The molecule has 0 radical (unpaired) electrons. The lowest BCUT2D eigenvalue weighted by molar-refractivity contribution is 0.218. The summed E-state index contributed by atoms with van der Waals surface area (Å²) in [4.78, 5) is 14.1. The van der Waals surface area contributed by atoms with Gasteiger partial charge in [0.15, 0.2) is 0 Å². The Kier molecular flexibility index (Phi) is 5.13. The second-order valence-electron chi connectivity index (χ2n) is 8.89. The van der Waals surface area contributed by atoms with Gasteiger partial charge < -0.3 is 4.90 Å². The lowest BCUT2D eigenvalue weighted by atomic mass is 9.72. The molecule has 1 unspecified atom stereocenters. The van der Waals surface area contributed by atoms with E-state index in [4.69, 9.17) is 16.6 Å². The number of aromatic nitrogens is 2. The van der Waals surface area contributed by atoms with Gasteiger partial charge >= 0.3 is 0 Å². The molecule has 4 rings (SSSR count). The SMILES string of the molecule is CCN(c1cccc(C)c1)c1nc(Cl)nc2sc3c(c12)CCC(C(C)(C)C)C3. The Morgan fingerprint density at radius 1 is 1.25 bits per heavy atom. The van der Waals surface area contributed by atoms with Crippen LogP contribution in [0, 0.1) is 18.3 Å². The van der Waals surface area contributed by atoms with Gasteiger partial charge in [-0.05, 0) is 79.3 Å². The van der Waals surface area contributed by atoms with Crippen molar-refractivity contribution in [3.05, 3.63) is 45.6 Å².